The quantitative estimate of drug-likeness (QED) is 0.588. The van der Waals surface area contributed by atoms with Crippen LogP contribution in [0.1, 0.15) is 29.7 Å². The van der Waals surface area contributed by atoms with Crippen molar-refractivity contribution in [3.8, 4) is 0 Å². The number of hydrogen-bond acceptors (Lipinski definition) is 3. The molecule has 0 spiro atoms. The normalized spacial score (nSPS) is 12.3. The van der Waals surface area contributed by atoms with Crippen molar-refractivity contribution >= 4 is 21.6 Å². The number of nitrogens with zero attached hydrogens (tertiary/aromatic N) is 1. The number of para-hydroxylation sites is 1. The Bertz CT molecular complexity index is 1160. The molecule has 5 nitrogen and oxygen atoms in total. The number of carbonyl (C=O) groups excluding carboxylic acids is 1. The van der Waals surface area contributed by atoms with Gasteiger partial charge in [-0.3, -0.25) is 9.10 Å². The van der Waals surface area contributed by atoms with Crippen molar-refractivity contribution in [1.29, 1.82) is 0 Å². The van der Waals surface area contributed by atoms with Gasteiger partial charge in [0.2, 0.25) is 5.91 Å². The molecule has 31 heavy (non-hydrogen) atoms. The number of rotatable bonds is 7. The topological polar surface area (TPSA) is 66.5 Å². The molecule has 0 saturated heterocycles. The van der Waals surface area contributed by atoms with Crippen LogP contribution in [0.2, 0.25) is 0 Å². The van der Waals surface area contributed by atoms with E-state index in [2.05, 4.69) is 5.32 Å². The van der Waals surface area contributed by atoms with E-state index in [1.54, 1.807) is 30.3 Å². The maximum absolute atomic E-state index is 13.3. The van der Waals surface area contributed by atoms with Gasteiger partial charge >= 0.3 is 0 Å². The lowest BCUT2D eigenvalue weighted by molar-refractivity contribution is -0.120. The Kier molecular flexibility index (Phi) is 6.75. The van der Waals surface area contributed by atoms with Crippen molar-refractivity contribution in [3.63, 3.8) is 0 Å². The second kappa shape index (κ2) is 9.31. The van der Waals surface area contributed by atoms with E-state index in [1.165, 1.54) is 12.1 Å². The summed E-state index contributed by atoms with van der Waals surface area (Å²) in [5, 5.41) is 2.89. The molecule has 1 amide bonds. The fourth-order valence-corrected chi connectivity index (χ4v) is 4.79. The SMILES string of the molecule is Cc1ccc(C)c(C(C)NC(=O)CN(c2ccccc2)S(=O)(=O)c2ccc(F)cc2)c1. The van der Waals surface area contributed by atoms with E-state index in [4.69, 9.17) is 0 Å². The summed E-state index contributed by atoms with van der Waals surface area (Å²) in [6, 6.07) is 18.6. The maximum Gasteiger partial charge on any atom is 0.264 e. The predicted molar refractivity (Wildman–Crippen MR) is 120 cm³/mol. The summed E-state index contributed by atoms with van der Waals surface area (Å²) in [4.78, 5) is 12.8. The molecule has 0 aliphatic heterocycles. The van der Waals surface area contributed by atoms with E-state index in [-0.39, 0.29) is 10.9 Å². The number of anilines is 1. The lowest BCUT2D eigenvalue weighted by atomic mass is 10.00. The van der Waals surface area contributed by atoms with Gasteiger partial charge in [0.15, 0.2) is 0 Å². The Morgan fingerprint density at radius 2 is 1.65 bits per heavy atom. The molecule has 0 aromatic heterocycles. The first-order valence-electron chi connectivity index (χ1n) is 9.88. The highest BCUT2D eigenvalue weighted by atomic mass is 32.2. The van der Waals surface area contributed by atoms with E-state index in [9.17, 15) is 17.6 Å². The van der Waals surface area contributed by atoms with Crippen molar-refractivity contribution in [2.24, 2.45) is 0 Å². The van der Waals surface area contributed by atoms with Crippen LogP contribution in [0.25, 0.3) is 0 Å². The summed E-state index contributed by atoms with van der Waals surface area (Å²) in [7, 11) is -4.08. The number of sulfonamides is 1. The van der Waals surface area contributed by atoms with Gasteiger partial charge in [-0.15, -0.1) is 0 Å². The largest absolute Gasteiger partial charge is 0.348 e. The van der Waals surface area contributed by atoms with Gasteiger partial charge in [-0.05, 0) is 68.3 Å². The van der Waals surface area contributed by atoms with E-state index < -0.39 is 28.3 Å². The number of benzene rings is 3. The molecule has 162 valence electrons. The van der Waals surface area contributed by atoms with E-state index in [0.29, 0.717) is 5.69 Å². The van der Waals surface area contributed by atoms with E-state index in [1.807, 2.05) is 39.0 Å². The first-order chi connectivity index (χ1) is 14.7. The molecular formula is C24H25FN2O3S. The van der Waals surface area contributed by atoms with E-state index >= 15 is 0 Å². The minimum Gasteiger partial charge on any atom is -0.348 e. The van der Waals surface area contributed by atoms with Gasteiger partial charge < -0.3 is 5.32 Å². The summed E-state index contributed by atoms with van der Waals surface area (Å²) in [5.74, 6) is -0.978. The van der Waals surface area contributed by atoms with Gasteiger partial charge in [0, 0.05) is 0 Å². The smallest absolute Gasteiger partial charge is 0.264 e. The second-order valence-electron chi connectivity index (χ2n) is 7.45. The molecular weight excluding hydrogens is 415 g/mol. The average Bonchev–Trinajstić information content (AvgIpc) is 2.74. The number of nitrogens with one attached hydrogen (secondary N) is 1. The van der Waals surface area contributed by atoms with Crippen molar-refractivity contribution in [1.82, 2.24) is 5.32 Å². The van der Waals surface area contributed by atoms with Crippen molar-refractivity contribution in [3.05, 3.63) is 95.3 Å². The van der Waals surface area contributed by atoms with Crippen LogP contribution in [-0.2, 0) is 14.8 Å². The molecule has 7 heteroatoms. The third-order valence-corrected chi connectivity index (χ3v) is 6.80. The monoisotopic (exact) mass is 440 g/mol. The van der Waals surface area contributed by atoms with E-state index in [0.717, 1.165) is 33.1 Å². The Morgan fingerprint density at radius 1 is 1.00 bits per heavy atom. The molecule has 0 aliphatic carbocycles. The molecule has 0 aliphatic rings. The van der Waals surface area contributed by atoms with Crippen LogP contribution >= 0.6 is 0 Å². The Hall–Kier alpha value is -3.19. The molecule has 1 unspecified atom stereocenters. The fourth-order valence-electron chi connectivity index (χ4n) is 3.36. The average molecular weight is 441 g/mol. The zero-order valence-electron chi connectivity index (χ0n) is 17.7. The van der Waals surface area contributed by atoms with Gasteiger partial charge in [0.05, 0.1) is 16.6 Å². The third-order valence-electron chi connectivity index (χ3n) is 5.01. The molecule has 0 bridgehead atoms. The number of amides is 1. The zero-order valence-corrected chi connectivity index (χ0v) is 18.5. The van der Waals surface area contributed by atoms with Crippen LogP contribution in [0.4, 0.5) is 10.1 Å². The summed E-state index contributed by atoms with van der Waals surface area (Å²) in [6.45, 7) is 5.40. The minimum absolute atomic E-state index is 0.0897. The van der Waals surface area contributed by atoms with Crippen molar-refractivity contribution in [2.75, 3.05) is 10.8 Å². The molecule has 3 aromatic rings. The number of hydrogen-bond donors (Lipinski definition) is 1. The number of carbonyl (C=O) groups is 1. The van der Waals surface area contributed by atoms with Crippen LogP contribution < -0.4 is 9.62 Å². The molecule has 0 fully saturated rings. The Balaban J connectivity index is 1.88. The van der Waals surface area contributed by atoms with Crippen LogP contribution in [-0.4, -0.2) is 20.9 Å². The highest BCUT2D eigenvalue weighted by Crippen LogP contribution is 2.24. The van der Waals surface area contributed by atoms with Crippen LogP contribution in [0.3, 0.4) is 0 Å². The van der Waals surface area contributed by atoms with Crippen molar-refractivity contribution in [2.45, 2.75) is 31.7 Å². The first kappa shape index (κ1) is 22.5. The summed E-state index contributed by atoms with van der Waals surface area (Å²) >= 11 is 0. The number of halogens is 1. The second-order valence-corrected chi connectivity index (χ2v) is 9.31. The summed E-state index contributed by atoms with van der Waals surface area (Å²) in [5.41, 5.74) is 3.44. The predicted octanol–water partition coefficient (Wildman–Crippen LogP) is 4.52. The van der Waals surface area contributed by atoms with Crippen LogP contribution in [0.15, 0.2) is 77.7 Å². The lowest BCUT2D eigenvalue weighted by Gasteiger charge is -2.25. The summed E-state index contributed by atoms with van der Waals surface area (Å²) < 4.78 is 40.9. The molecule has 0 radical (unpaired) electrons. The molecule has 3 rings (SSSR count). The highest BCUT2D eigenvalue weighted by molar-refractivity contribution is 7.92. The fraction of sp³-hybridized carbons (Fsp3) is 0.208. The molecule has 0 heterocycles. The highest BCUT2D eigenvalue weighted by Gasteiger charge is 2.27. The molecule has 1 N–H and O–H groups in total. The third kappa shape index (κ3) is 5.30. The van der Waals surface area contributed by atoms with Gasteiger partial charge in [-0.25, -0.2) is 12.8 Å². The first-order valence-corrected chi connectivity index (χ1v) is 11.3. The van der Waals surface area contributed by atoms with Crippen LogP contribution in [0, 0.1) is 19.7 Å². The Morgan fingerprint density at radius 3 is 2.29 bits per heavy atom. The van der Waals surface area contributed by atoms with Crippen LogP contribution in [0.5, 0.6) is 0 Å². The molecule has 1 atom stereocenters. The van der Waals surface area contributed by atoms with Gasteiger partial charge in [-0.1, -0.05) is 42.0 Å². The number of aryl methyl sites for hydroxylation is 2. The Labute approximate surface area is 182 Å². The minimum atomic E-state index is -4.08. The van der Waals surface area contributed by atoms with Crippen molar-refractivity contribution < 1.29 is 17.6 Å². The lowest BCUT2D eigenvalue weighted by Crippen LogP contribution is -2.41. The zero-order chi connectivity index (χ0) is 22.6. The van der Waals surface area contributed by atoms with Gasteiger partial charge in [-0.2, -0.15) is 0 Å². The maximum atomic E-state index is 13.3. The molecule has 0 saturated carbocycles. The molecule has 3 aromatic carbocycles. The van der Waals surface area contributed by atoms with Gasteiger partial charge in [0.25, 0.3) is 10.0 Å². The van der Waals surface area contributed by atoms with Gasteiger partial charge in [0.1, 0.15) is 12.4 Å². The summed E-state index contributed by atoms with van der Waals surface area (Å²) in [6.07, 6.45) is 0. The standard InChI is InChI=1S/C24H25FN2O3S/c1-17-9-10-18(2)23(15-17)19(3)26-24(28)16-27(21-7-5-4-6-8-21)31(29,30)22-13-11-20(25)12-14-22/h4-15,19H,16H2,1-3H3,(H,26,28).